The number of aliphatic imine (C=N–C) groups is 2. The maximum absolute atomic E-state index is 6.24. The van der Waals surface area contributed by atoms with Gasteiger partial charge in [-0.25, -0.2) is 15.0 Å². The molecular formula is C32H22N4O. The Labute approximate surface area is 213 Å². The Balaban J connectivity index is 1.44. The first-order chi connectivity index (χ1) is 18.3. The van der Waals surface area contributed by atoms with E-state index in [1.807, 2.05) is 78.9 Å². The minimum atomic E-state index is -0.391. The van der Waals surface area contributed by atoms with Gasteiger partial charge in [0.2, 0.25) is 5.89 Å². The summed E-state index contributed by atoms with van der Waals surface area (Å²) >= 11 is 0. The van der Waals surface area contributed by atoms with Gasteiger partial charge in [-0.3, -0.25) is 0 Å². The number of benzene rings is 5. The zero-order valence-electron chi connectivity index (χ0n) is 19.9. The molecule has 176 valence electrons. The van der Waals surface area contributed by atoms with Crippen LogP contribution in [0.1, 0.15) is 22.9 Å². The summed E-state index contributed by atoms with van der Waals surface area (Å²) in [4.78, 5) is 14.8. The lowest BCUT2D eigenvalue weighted by molar-refractivity contribution is 0.613. The van der Waals surface area contributed by atoms with E-state index >= 15 is 0 Å². The second-order valence-electron chi connectivity index (χ2n) is 8.97. The molecule has 6 aromatic rings. The highest BCUT2D eigenvalue weighted by molar-refractivity contribution is 6.13. The van der Waals surface area contributed by atoms with E-state index in [4.69, 9.17) is 19.4 Å². The first-order valence-electron chi connectivity index (χ1n) is 12.2. The van der Waals surface area contributed by atoms with Gasteiger partial charge in [0.05, 0.1) is 0 Å². The molecule has 0 fully saturated rings. The van der Waals surface area contributed by atoms with Gasteiger partial charge in [-0.15, -0.1) is 0 Å². The van der Waals surface area contributed by atoms with Gasteiger partial charge in [-0.1, -0.05) is 97.1 Å². The maximum Gasteiger partial charge on any atom is 0.227 e. The molecule has 5 nitrogen and oxygen atoms in total. The van der Waals surface area contributed by atoms with Crippen LogP contribution in [-0.4, -0.2) is 16.7 Å². The Bertz CT molecular complexity index is 1770. The van der Waals surface area contributed by atoms with Gasteiger partial charge in [0, 0.05) is 22.3 Å². The molecule has 0 aliphatic carbocycles. The van der Waals surface area contributed by atoms with Crippen LogP contribution in [0.3, 0.4) is 0 Å². The molecule has 1 unspecified atom stereocenters. The minimum Gasteiger partial charge on any atom is -0.436 e. The van der Waals surface area contributed by atoms with Gasteiger partial charge in [0.1, 0.15) is 17.5 Å². The number of rotatable bonds is 4. The van der Waals surface area contributed by atoms with Crippen molar-refractivity contribution < 1.29 is 4.42 Å². The van der Waals surface area contributed by atoms with Crippen molar-refractivity contribution in [1.82, 2.24) is 10.3 Å². The lowest BCUT2D eigenvalue weighted by atomic mass is 9.98. The molecule has 5 heteroatoms. The average molecular weight is 479 g/mol. The summed E-state index contributed by atoms with van der Waals surface area (Å²) < 4.78 is 6.24. The van der Waals surface area contributed by atoms with Crippen LogP contribution in [0.5, 0.6) is 0 Å². The summed E-state index contributed by atoms with van der Waals surface area (Å²) in [6.07, 6.45) is -0.391. The topological polar surface area (TPSA) is 62.8 Å². The molecule has 1 atom stereocenters. The van der Waals surface area contributed by atoms with Gasteiger partial charge in [-0.05, 0) is 35.0 Å². The lowest BCUT2D eigenvalue weighted by Gasteiger charge is -2.25. The molecule has 1 aliphatic rings. The van der Waals surface area contributed by atoms with Crippen molar-refractivity contribution in [3.8, 4) is 11.5 Å². The Morgan fingerprint density at radius 2 is 1.30 bits per heavy atom. The second kappa shape index (κ2) is 8.88. The molecule has 1 aromatic heterocycles. The molecule has 0 bridgehead atoms. The molecule has 0 spiro atoms. The van der Waals surface area contributed by atoms with Crippen molar-refractivity contribution in [2.24, 2.45) is 9.98 Å². The fourth-order valence-corrected chi connectivity index (χ4v) is 4.73. The molecule has 5 aromatic carbocycles. The fraction of sp³-hybridized carbons (Fsp3) is 0.0312. The summed E-state index contributed by atoms with van der Waals surface area (Å²) in [7, 11) is 0. The number of hydrogen-bond donors (Lipinski definition) is 1. The van der Waals surface area contributed by atoms with Crippen molar-refractivity contribution >= 4 is 33.5 Å². The molecule has 0 radical (unpaired) electrons. The molecule has 0 saturated heterocycles. The summed E-state index contributed by atoms with van der Waals surface area (Å²) in [6, 6.07) is 40.7. The quantitative estimate of drug-likeness (QED) is 0.293. The first-order valence-corrected chi connectivity index (χ1v) is 12.2. The Morgan fingerprint density at radius 1 is 0.649 bits per heavy atom. The largest absolute Gasteiger partial charge is 0.436 e. The number of nitrogens with one attached hydrogen (secondary N) is 1. The third-order valence-corrected chi connectivity index (χ3v) is 6.56. The van der Waals surface area contributed by atoms with E-state index in [1.54, 1.807) is 0 Å². The highest BCUT2D eigenvalue weighted by Gasteiger charge is 2.25. The molecule has 37 heavy (non-hydrogen) atoms. The molecule has 0 saturated carbocycles. The number of fused-ring (bicyclic) bond motifs is 2. The zero-order chi connectivity index (χ0) is 24.6. The van der Waals surface area contributed by atoms with Crippen LogP contribution in [0.25, 0.3) is 33.3 Å². The van der Waals surface area contributed by atoms with Crippen LogP contribution < -0.4 is 5.32 Å². The number of para-hydroxylation sites is 2. The SMILES string of the molecule is c1ccc(C2=NC(c3cc4ccccc4cc3-c3nc4ccccc4o3)NC(c3ccccc3)=N2)cc1. The minimum absolute atomic E-state index is 0.391. The number of amidine groups is 2. The molecular weight excluding hydrogens is 456 g/mol. The molecule has 7 rings (SSSR count). The van der Waals surface area contributed by atoms with Crippen molar-refractivity contribution in [1.29, 1.82) is 0 Å². The van der Waals surface area contributed by atoms with Crippen molar-refractivity contribution in [2.75, 3.05) is 0 Å². The van der Waals surface area contributed by atoms with Gasteiger partial charge in [0.15, 0.2) is 11.4 Å². The van der Waals surface area contributed by atoms with Crippen molar-refractivity contribution in [3.63, 3.8) is 0 Å². The highest BCUT2D eigenvalue weighted by atomic mass is 16.3. The monoisotopic (exact) mass is 478 g/mol. The van der Waals surface area contributed by atoms with Gasteiger partial charge < -0.3 is 9.73 Å². The highest BCUT2D eigenvalue weighted by Crippen LogP contribution is 2.35. The first kappa shape index (κ1) is 21.3. The number of oxazole rings is 1. The lowest BCUT2D eigenvalue weighted by Crippen LogP contribution is -2.33. The second-order valence-corrected chi connectivity index (χ2v) is 8.97. The van der Waals surface area contributed by atoms with Crippen LogP contribution in [0.4, 0.5) is 0 Å². The van der Waals surface area contributed by atoms with Crippen LogP contribution in [0.15, 0.2) is 136 Å². The average Bonchev–Trinajstić information content (AvgIpc) is 3.41. The molecule has 1 aliphatic heterocycles. The standard InChI is InChI=1S/C32H22N4O/c1-3-11-21(12-4-1)29-34-30(22-13-5-2-6-14-22)36-31(35-29)25-19-23-15-7-8-16-24(23)20-26(25)32-33-27-17-9-10-18-28(27)37-32/h1-20,31H,(H,34,35,36). The van der Waals surface area contributed by atoms with Gasteiger partial charge in [0.25, 0.3) is 0 Å². The van der Waals surface area contributed by atoms with Crippen molar-refractivity contribution in [2.45, 2.75) is 6.17 Å². The van der Waals surface area contributed by atoms with Crippen LogP contribution in [0.2, 0.25) is 0 Å². The third kappa shape index (κ3) is 3.96. The van der Waals surface area contributed by atoms with Crippen molar-refractivity contribution in [3.05, 3.63) is 138 Å². The molecule has 0 amide bonds. The van der Waals surface area contributed by atoms with E-state index < -0.39 is 6.17 Å². The van der Waals surface area contributed by atoms with E-state index in [2.05, 4.69) is 47.8 Å². The normalized spacial score (nSPS) is 15.3. The predicted molar refractivity (Wildman–Crippen MR) is 149 cm³/mol. The maximum atomic E-state index is 6.24. The Hall–Kier alpha value is -5.03. The summed E-state index contributed by atoms with van der Waals surface area (Å²) in [5, 5.41) is 5.83. The van der Waals surface area contributed by atoms with Crippen LogP contribution >= 0.6 is 0 Å². The summed E-state index contributed by atoms with van der Waals surface area (Å²) in [6.45, 7) is 0. The Kier molecular flexibility index (Phi) is 5.10. The summed E-state index contributed by atoms with van der Waals surface area (Å²) in [5.41, 5.74) is 5.42. The molecule has 1 N–H and O–H groups in total. The van der Waals surface area contributed by atoms with Gasteiger partial charge >= 0.3 is 0 Å². The number of aromatic nitrogens is 1. The predicted octanol–water partition coefficient (Wildman–Crippen LogP) is 7.14. The van der Waals surface area contributed by atoms with E-state index in [1.165, 1.54) is 0 Å². The Morgan fingerprint density at radius 3 is 2.05 bits per heavy atom. The number of hydrogen-bond acceptors (Lipinski definition) is 5. The van der Waals surface area contributed by atoms with E-state index in [-0.39, 0.29) is 0 Å². The number of nitrogens with zero attached hydrogens (tertiary/aromatic N) is 3. The van der Waals surface area contributed by atoms with Crippen LogP contribution in [0, 0.1) is 0 Å². The molecule has 2 heterocycles. The van der Waals surface area contributed by atoms with E-state index in [0.717, 1.165) is 50.0 Å². The fourth-order valence-electron chi connectivity index (χ4n) is 4.73. The smallest absolute Gasteiger partial charge is 0.227 e. The summed E-state index contributed by atoms with van der Waals surface area (Å²) in [5.74, 6) is 2.03. The van der Waals surface area contributed by atoms with E-state index in [0.29, 0.717) is 11.7 Å². The zero-order valence-corrected chi connectivity index (χ0v) is 19.9. The van der Waals surface area contributed by atoms with Crippen LogP contribution in [-0.2, 0) is 0 Å². The van der Waals surface area contributed by atoms with Gasteiger partial charge in [-0.2, -0.15) is 0 Å². The van der Waals surface area contributed by atoms with E-state index in [9.17, 15) is 0 Å². The third-order valence-electron chi connectivity index (χ3n) is 6.56.